The summed E-state index contributed by atoms with van der Waals surface area (Å²) in [7, 11) is 0. The van der Waals surface area contributed by atoms with Gasteiger partial charge in [0.15, 0.2) is 0 Å². The highest BCUT2D eigenvalue weighted by atomic mass is 16.2. The average Bonchev–Trinajstić information content (AvgIpc) is 3.10. The molecule has 4 rings (SSSR count). The number of azo groups is 1. The van der Waals surface area contributed by atoms with Gasteiger partial charge in [-0.05, 0) is 30.3 Å². The van der Waals surface area contributed by atoms with E-state index in [0.717, 1.165) is 16.6 Å². The first-order chi connectivity index (χ1) is 12.7. The van der Waals surface area contributed by atoms with Gasteiger partial charge in [0, 0.05) is 18.0 Å². The van der Waals surface area contributed by atoms with E-state index in [4.69, 9.17) is 0 Å². The number of pyridine rings is 1. The number of nitrogens with one attached hydrogen (secondary N) is 2. The highest BCUT2D eigenvalue weighted by Gasteiger charge is 2.28. The Labute approximate surface area is 148 Å². The fourth-order valence-corrected chi connectivity index (χ4v) is 2.66. The Morgan fingerprint density at radius 1 is 1.12 bits per heavy atom. The van der Waals surface area contributed by atoms with Crippen molar-refractivity contribution in [3.05, 3.63) is 66.3 Å². The van der Waals surface area contributed by atoms with Crippen molar-refractivity contribution in [3.8, 4) is 0 Å². The highest BCUT2D eigenvalue weighted by molar-refractivity contribution is 6.04. The maximum absolute atomic E-state index is 12.4. The van der Waals surface area contributed by atoms with E-state index in [9.17, 15) is 9.59 Å². The molecule has 1 aromatic carbocycles. The molecule has 26 heavy (non-hydrogen) atoms. The van der Waals surface area contributed by atoms with Crippen LogP contribution in [0.15, 0.2) is 65.1 Å². The number of aromatic amines is 1. The second-order valence-corrected chi connectivity index (χ2v) is 5.72. The zero-order valence-electron chi connectivity index (χ0n) is 13.6. The van der Waals surface area contributed by atoms with Gasteiger partial charge in [-0.3, -0.25) is 14.6 Å². The molecule has 0 saturated carbocycles. The molecule has 3 aromatic rings. The summed E-state index contributed by atoms with van der Waals surface area (Å²) in [6, 6.07) is 11.1. The third-order valence-electron chi connectivity index (χ3n) is 3.97. The SMILES string of the molecule is O=C1N=NC(c2ccncc2)=CC1C(=O)NCc1nc2ccccc2[nH]1. The Morgan fingerprint density at radius 3 is 2.73 bits per heavy atom. The van der Waals surface area contributed by atoms with Crippen LogP contribution in [-0.2, 0) is 16.1 Å². The lowest BCUT2D eigenvalue weighted by atomic mass is 10.0. The first-order valence-electron chi connectivity index (χ1n) is 8.00. The van der Waals surface area contributed by atoms with Crippen molar-refractivity contribution in [1.29, 1.82) is 0 Å². The zero-order valence-corrected chi connectivity index (χ0v) is 13.6. The molecule has 0 saturated heterocycles. The number of nitrogens with zero attached hydrogens (tertiary/aromatic N) is 4. The number of benzene rings is 1. The number of hydrogen-bond donors (Lipinski definition) is 2. The molecule has 0 bridgehead atoms. The van der Waals surface area contributed by atoms with Crippen LogP contribution >= 0.6 is 0 Å². The molecule has 0 fully saturated rings. The number of amides is 2. The maximum Gasteiger partial charge on any atom is 0.281 e. The second kappa shape index (κ2) is 6.67. The van der Waals surface area contributed by atoms with Crippen molar-refractivity contribution < 1.29 is 9.59 Å². The van der Waals surface area contributed by atoms with E-state index in [1.165, 1.54) is 6.08 Å². The van der Waals surface area contributed by atoms with Crippen molar-refractivity contribution in [2.45, 2.75) is 6.54 Å². The van der Waals surface area contributed by atoms with Crippen LogP contribution in [0.3, 0.4) is 0 Å². The second-order valence-electron chi connectivity index (χ2n) is 5.72. The molecular formula is C18H14N6O2. The molecule has 1 atom stereocenters. The number of carbonyl (C=O) groups excluding carboxylic acids is 2. The normalized spacial score (nSPS) is 16.5. The van der Waals surface area contributed by atoms with Gasteiger partial charge in [-0.15, -0.1) is 10.2 Å². The smallest absolute Gasteiger partial charge is 0.281 e. The van der Waals surface area contributed by atoms with Gasteiger partial charge in [0.05, 0.1) is 23.3 Å². The lowest BCUT2D eigenvalue weighted by Crippen LogP contribution is -2.34. The van der Waals surface area contributed by atoms with Crippen LogP contribution in [0.2, 0.25) is 0 Å². The van der Waals surface area contributed by atoms with Gasteiger partial charge in [0.1, 0.15) is 11.7 Å². The fourth-order valence-electron chi connectivity index (χ4n) is 2.66. The molecule has 3 heterocycles. The molecular weight excluding hydrogens is 332 g/mol. The Bertz CT molecular complexity index is 1010. The number of carbonyl (C=O) groups is 2. The molecule has 1 aliphatic heterocycles. The largest absolute Gasteiger partial charge is 0.348 e. The van der Waals surface area contributed by atoms with Gasteiger partial charge in [-0.1, -0.05) is 12.1 Å². The number of rotatable bonds is 4. The predicted molar refractivity (Wildman–Crippen MR) is 93.5 cm³/mol. The number of fused-ring (bicyclic) bond motifs is 1. The molecule has 8 heteroatoms. The van der Waals surface area contributed by atoms with E-state index in [1.807, 2.05) is 24.3 Å². The summed E-state index contributed by atoms with van der Waals surface area (Å²) >= 11 is 0. The van der Waals surface area contributed by atoms with Gasteiger partial charge >= 0.3 is 0 Å². The minimum absolute atomic E-state index is 0.187. The summed E-state index contributed by atoms with van der Waals surface area (Å²) in [4.78, 5) is 35.9. The summed E-state index contributed by atoms with van der Waals surface area (Å²) in [6.45, 7) is 0.187. The maximum atomic E-state index is 12.4. The van der Waals surface area contributed by atoms with Crippen molar-refractivity contribution in [2.75, 3.05) is 0 Å². The van der Waals surface area contributed by atoms with Crippen LogP contribution in [-0.4, -0.2) is 26.8 Å². The first-order valence-corrected chi connectivity index (χ1v) is 8.00. The Morgan fingerprint density at radius 2 is 1.92 bits per heavy atom. The number of para-hydroxylation sites is 2. The van der Waals surface area contributed by atoms with E-state index >= 15 is 0 Å². The molecule has 0 spiro atoms. The number of hydrogen-bond acceptors (Lipinski definition) is 5. The van der Waals surface area contributed by atoms with Gasteiger partial charge < -0.3 is 10.3 Å². The van der Waals surface area contributed by atoms with Gasteiger partial charge in [0.2, 0.25) is 5.91 Å². The summed E-state index contributed by atoms with van der Waals surface area (Å²) in [5, 5.41) is 10.2. The fraction of sp³-hybridized carbons (Fsp3) is 0.111. The van der Waals surface area contributed by atoms with Crippen LogP contribution in [0.5, 0.6) is 0 Å². The topological polar surface area (TPSA) is 112 Å². The highest BCUT2D eigenvalue weighted by Crippen LogP contribution is 2.23. The molecule has 2 N–H and O–H groups in total. The quantitative estimate of drug-likeness (QED) is 0.705. The van der Waals surface area contributed by atoms with Crippen LogP contribution < -0.4 is 5.32 Å². The molecule has 2 amide bonds. The minimum atomic E-state index is -1.01. The third kappa shape index (κ3) is 3.12. The number of aromatic nitrogens is 3. The summed E-state index contributed by atoms with van der Waals surface area (Å²) in [5.74, 6) is -1.44. The van der Waals surface area contributed by atoms with Gasteiger partial charge in [-0.2, -0.15) is 0 Å². The molecule has 1 aliphatic rings. The van der Waals surface area contributed by atoms with Crippen molar-refractivity contribution in [1.82, 2.24) is 20.3 Å². The first kappa shape index (κ1) is 15.8. The van der Waals surface area contributed by atoms with E-state index in [2.05, 4.69) is 30.5 Å². The molecule has 2 aromatic heterocycles. The lowest BCUT2D eigenvalue weighted by Gasteiger charge is -2.13. The Hall–Kier alpha value is -3.68. The van der Waals surface area contributed by atoms with Crippen LogP contribution in [0, 0.1) is 5.92 Å². The molecule has 0 aliphatic carbocycles. The lowest BCUT2D eigenvalue weighted by molar-refractivity contribution is -0.131. The van der Waals surface area contributed by atoms with Gasteiger partial charge in [-0.25, -0.2) is 4.98 Å². The molecule has 1 unspecified atom stereocenters. The Balaban J connectivity index is 1.48. The van der Waals surface area contributed by atoms with E-state index in [-0.39, 0.29) is 6.54 Å². The van der Waals surface area contributed by atoms with Crippen LogP contribution in [0.1, 0.15) is 11.4 Å². The van der Waals surface area contributed by atoms with Crippen molar-refractivity contribution in [2.24, 2.45) is 16.1 Å². The van der Waals surface area contributed by atoms with Crippen LogP contribution in [0.25, 0.3) is 16.7 Å². The van der Waals surface area contributed by atoms with Gasteiger partial charge in [0.25, 0.3) is 5.91 Å². The summed E-state index contributed by atoms with van der Waals surface area (Å²) in [6.07, 6.45) is 4.73. The summed E-state index contributed by atoms with van der Waals surface area (Å²) in [5.41, 5.74) is 2.92. The third-order valence-corrected chi connectivity index (χ3v) is 3.97. The standard InChI is InChI=1S/C18H14N6O2/c25-17(20-10-16-21-13-3-1-2-4-14(13)22-16)12-9-15(23-24-18(12)26)11-5-7-19-8-6-11/h1-9,12H,10H2,(H,20,25)(H,21,22). The van der Waals surface area contributed by atoms with E-state index < -0.39 is 17.7 Å². The van der Waals surface area contributed by atoms with Crippen molar-refractivity contribution >= 4 is 28.5 Å². The summed E-state index contributed by atoms with van der Waals surface area (Å²) < 4.78 is 0. The van der Waals surface area contributed by atoms with E-state index in [1.54, 1.807) is 24.5 Å². The monoisotopic (exact) mass is 346 g/mol. The molecule has 128 valence electrons. The molecule has 0 radical (unpaired) electrons. The Kier molecular flexibility index (Phi) is 4.06. The average molecular weight is 346 g/mol. The minimum Gasteiger partial charge on any atom is -0.348 e. The molecule has 8 nitrogen and oxygen atoms in total. The van der Waals surface area contributed by atoms with Crippen LogP contribution in [0.4, 0.5) is 0 Å². The number of imidazole rings is 1. The predicted octanol–water partition coefficient (Wildman–Crippen LogP) is 2.22. The zero-order chi connectivity index (χ0) is 17.9. The number of H-pyrrole nitrogens is 1. The van der Waals surface area contributed by atoms with Crippen molar-refractivity contribution in [3.63, 3.8) is 0 Å². The van der Waals surface area contributed by atoms with E-state index in [0.29, 0.717) is 11.5 Å².